The van der Waals surface area contributed by atoms with Gasteiger partial charge in [-0.1, -0.05) is 47.5 Å². The Bertz CT molecular complexity index is 1140. The maximum absolute atomic E-state index is 13.9. The smallest absolute Gasteiger partial charge is 0.309 e. The van der Waals surface area contributed by atoms with Crippen molar-refractivity contribution in [3.05, 3.63) is 64.2 Å². The van der Waals surface area contributed by atoms with Crippen LogP contribution in [-0.4, -0.2) is 55.7 Å². The lowest BCUT2D eigenvalue weighted by Gasteiger charge is -2.33. The summed E-state index contributed by atoms with van der Waals surface area (Å²) in [6.45, 7) is 10.3. The molecular formula is C27H36N2O5S. The van der Waals surface area contributed by atoms with Crippen LogP contribution in [0.1, 0.15) is 47.6 Å². The summed E-state index contributed by atoms with van der Waals surface area (Å²) in [6.07, 6.45) is 1.04. The molecule has 0 spiro atoms. The number of nitrogens with zero attached hydrogens (tertiary/aromatic N) is 2. The van der Waals surface area contributed by atoms with E-state index in [1.54, 1.807) is 25.7 Å². The minimum atomic E-state index is -3.94. The molecule has 0 bridgehead atoms. The van der Waals surface area contributed by atoms with Crippen LogP contribution in [0.5, 0.6) is 0 Å². The summed E-state index contributed by atoms with van der Waals surface area (Å²) in [5, 5.41) is 0. The topological polar surface area (TPSA) is 84.0 Å². The van der Waals surface area contributed by atoms with E-state index in [0.717, 1.165) is 16.7 Å². The summed E-state index contributed by atoms with van der Waals surface area (Å²) in [6, 6.07) is 11.4. The van der Waals surface area contributed by atoms with Crippen molar-refractivity contribution >= 4 is 21.9 Å². The molecule has 1 aliphatic heterocycles. The number of carbonyl (C=O) groups is 2. The SMILES string of the molecule is CCOC(=O)C1CCN(C(=O)CN(Cc2ccc(C)cc2)S(=O)(=O)c2c(C)cc(C)cc2C)CC1. The van der Waals surface area contributed by atoms with Gasteiger partial charge < -0.3 is 9.64 Å². The summed E-state index contributed by atoms with van der Waals surface area (Å²) in [7, 11) is -3.94. The number of sulfonamides is 1. The fraction of sp³-hybridized carbons (Fsp3) is 0.481. The van der Waals surface area contributed by atoms with Crippen molar-refractivity contribution in [1.29, 1.82) is 0 Å². The third-order valence-electron chi connectivity index (χ3n) is 6.46. The molecule has 0 radical (unpaired) electrons. The summed E-state index contributed by atoms with van der Waals surface area (Å²) < 4.78 is 34.2. The Balaban J connectivity index is 1.85. The van der Waals surface area contributed by atoms with E-state index >= 15 is 0 Å². The number of ether oxygens (including phenoxy) is 1. The molecule has 1 aliphatic rings. The first-order valence-corrected chi connectivity index (χ1v) is 13.5. The van der Waals surface area contributed by atoms with Crippen LogP contribution in [-0.2, 0) is 30.9 Å². The number of piperidine rings is 1. The number of rotatable bonds is 8. The van der Waals surface area contributed by atoms with Gasteiger partial charge in [-0.3, -0.25) is 9.59 Å². The molecule has 0 N–H and O–H groups in total. The first-order chi connectivity index (χ1) is 16.5. The molecule has 35 heavy (non-hydrogen) atoms. The Kier molecular flexibility index (Phi) is 8.72. The predicted octanol–water partition coefficient (Wildman–Crippen LogP) is 3.91. The fourth-order valence-electron chi connectivity index (χ4n) is 4.70. The molecule has 0 atom stereocenters. The van der Waals surface area contributed by atoms with Gasteiger partial charge >= 0.3 is 5.97 Å². The van der Waals surface area contributed by atoms with Gasteiger partial charge in [0.2, 0.25) is 15.9 Å². The van der Waals surface area contributed by atoms with Crippen molar-refractivity contribution in [2.24, 2.45) is 5.92 Å². The maximum Gasteiger partial charge on any atom is 0.309 e. The molecule has 2 aromatic rings. The van der Waals surface area contributed by atoms with Gasteiger partial charge in [-0.15, -0.1) is 0 Å². The number of esters is 1. The van der Waals surface area contributed by atoms with Crippen LogP contribution in [0.3, 0.4) is 0 Å². The van der Waals surface area contributed by atoms with Crippen molar-refractivity contribution in [3.63, 3.8) is 0 Å². The number of likely N-dealkylation sites (tertiary alicyclic amines) is 1. The van der Waals surface area contributed by atoms with Gasteiger partial charge in [-0.05, 0) is 64.2 Å². The van der Waals surface area contributed by atoms with Crippen molar-refractivity contribution in [2.45, 2.75) is 58.9 Å². The van der Waals surface area contributed by atoms with E-state index in [9.17, 15) is 18.0 Å². The van der Waals surface area contributed by atoms with E-state index in [1.807, 2.05) is 50.2 Å². The lowest BCUT2D eigenvalue weighted by atomic mass is 9.97. The number of amides is 1. The average Bonchev–Trinajstić information content (AvgIpc) is 2.79. The normalized spacial score (nSPS) is 14.9. The van der Waals surface area contributed by atoms with E-state index < -0.39 is 10.0 Å². The number of hydrogen-bond acceptors (Lipinski definition) is 5. The Morgan fingerprint density at radius 2 is 1.54 bits per heavy atom. The number of hydrogen-bond donors (Lipinski definition) is 0. The third kappa shape index (κ3) is 6.49. The largest absolute Gasteiger partial charge is 0.466 e. The van der Waals surface area contributed by atoms with Crippen LogP contribution in [0.4, 0.5) is 0 Å². The minimum Gasteiger partial charge on any atom is -0.466 e. The fourth-order valence-corrected chi connectivity index (χ4v) is 6.49. The van der Waals surface area contributed by atoms with Crippen LogP contribution in [0.15, 0.2) is 41.3 Å². The highest BCUT2D eigenvalue weighted by atomic mass is 32.2. The highest BCUT2D eigenvalue weighted by molar-refractivity contribution is 7.89. The molecule has 1 heterocycles. The molecule has 1 saturated heterocycles. The number of aryl methyl sites for hydroxylation is 4. The quantitative estimate of drug-likeness (QED) is 0.513. The van der Waals surface area contributed by atoms with Crippen LogP contribution in [0.2, 0.25) is 0 Å². The lowest BCUT2D eigenvalue weighted by Crippen LogP contribution is -2.46. The first-order valence-electron chi connectivity index (χ1n) is 12.1. The molecule has 2 aromatic carbocycles. The van der Waals surface area contributed by atoms with Crippen LogP contribution in [0, 0.1) is 33.6 Å². The van der Waals surface area contributed by atoms with E-state index in [4.69, 9.17) is 4.74 Å². The van der Waals surface area contributed by atoms with Gasteiger partial charge in [-0.2, -0.15) is 4.31 Å². The highest BCUT2D eigenvalue weighted by Gasteiger charge is 2.33. The van der Waals surface area contributed by atoms with E-state index in [2.05, 4.69) is 0 Å². The zero-order chi connectivity index (χ0) is 25.8. The van der Waals surface area contributed by atoms with E-state index in [1.165, 1.54) is 4.31 Å². The van der Waals surface area contributed by atoms with Gasteiger partial charge in [0.25, 0.3) is 0 Å². The first kappa shape index (κ1) is 26.9. The number of benzene rings is 2. The summed E-state index contributed by atoms with van der Waals surface area (Å²) >= 11 is 0. The second-order valence-electron chi connectivity index (χ2n) is 9.39. The van der Waals surface area contributed by atoms with Gasteiger partial charge in [-0.25, -0.2) is 8.42 Å². The van der Waals surface area contributed by atoms with Gasteiger partial charge in [0, 0.05) is 19.6 Å². The zero-order valence-electron chi connectivity index (χ0n) is 21.3. The van der Waals surface area contributed by atoms with Crippen molar-refractivity contribution in [2.75, 3.05) is 26.2 Å². The average molecular weight is 501 g/mol. The summed E-state index contributed by atoms with van der Waals surface area (Å²) in [4.78, 5) is 27.2. The predicted molar refractivity (Wildman–Crippen MR) is 135 cm³/mol. The summed E-state index contributed by atoms with van der Waals surface area (Å²) in [5.74, 6) is -0.705. The van der Waals surface area contributed by atoms with Crippen LogP contribution in [0.25, 0.3) is 0 Å². The molecule has 1 amide bonds. The molecule has 7 nitrogen and oxygen atoms in total. The molecule has 3 rings (SSSR count). The van der Waals surface area contributed by atoms with Gasteiger partial charge in [0.15, 0.2) is 0 Å². The Morgan fingerprint density at radius 3 is 2.09 bits per heavy atom. The van der Waals surface area contributed by atoms with Crippen molar-refractivity contribution in [1.82, 2.24) is 9.21 Å². The van der Waals surface area contributed by atoms with Gasteiger partial charge in [0.1, 0.15) is 0 Å². The number of carbonyl (C=O) groups excluding carboxylic acids is 2. The van der Waals surface area contributed by atoms with Crippen molar-refractivity contribution in [3.8, 4) is 0 Å². The Hall–Kier alpha value is -2.71. The Labute approximate surface area is 209 Å². The molecule has 0 unspecified atom stereocenters. The van der Waals surface area contributed by atoms with Crippen LogP contribution < -0.4 is 0 Å². The maximum atomic E-state index is 13.9. The molecule has 1 fully saturated rings. The molecule has 190 valence electrons. The molecule has 8 heteroatoms. The van der Waals surface area contributed by atoms with Crippen molar-refractivity contribution < 1.29 is 22.7 Å². The highest BCUT2D eigenvalue weighted by Crippen LogP contribution is 2.27. The third-order valence-corrected chi connectivity index (χ3v) is 8.56. The molecule has 0 saturated carbocycles. The standard InChI is InChI=1S/C27H36N2O5S/c1-6-34-27(31)24-11-13-28(14-12-24)25(30)18-29(17-23-9-7-19(2)8-10-23)35(32,33)26-21(4)15-20(3)16-22(26)5/h7-10,15-16,24H,6,11-14,17-18H2,1-5H3. The molecular weight excluding hydrogens is 464 g/mol. The Morgan fingerprint density at radius 1 is 0.971 bits per heavy atom. The summed E-state index contributed by atoms with van der Waals surface area (Å²) in [5.41, 5.74) is 4.21. The van der Waals surface area contributed by atoms with Gasteiger partial charge in [0.05, 0.1) is 24.0 Å². The van der Waals surface area contributed by atoms with E-state index in [0.29, 0.717) is 43.7 Å². The second kappa shape index (κ2) is 11.4. The monoisotopic (exact) mass is 500 g/mol. The molecule has 0 aromatic heterocycles. The minimum absolute atomic E-state index is 0.0976. The van der Waals surface area contributed by atoms with E-state index in [-0.39, 0.29) is 35.8 Å². The van der Waals surface area contributed by atoms with Crippen LogP contribution >= 0.6 is 0 Å². The molecule has 0 aliphatic carbocycles. The second-order valence-corrected chi connectivity index (χ2v) is 11.3. The zero-order valence-corrected chi connectivity index (χ0v) is 22.2. The lowest BCUT2D eigenvalue weighted by molar-refractivity contribution is -0.151.